The molecule has 0 heterocycles. The predicted octanol–water partition coefficient (Wildman–Crippen LogP) is 1.53. The van der Waals surface area contributed by atoms with Crippen molar-refractivity contribution in [3.05, 3.63) is 0 Å². The quantitative estimate of drug-likeness (QED) is 0.634. The summed E-state index contributed by atoms with van der Waals surface area (Å²) in [7, 11) is 0. The molecule has 1 saturated carbocycles. The highest BCUT2D eigenvalue weighted by Gasteiger charge is 2.26. The van der Waals surface area contributed by atoms with E-state index >= 15 is 0 Å². The Balaban J connectivity index is 2.37. The number of alkyl halides is 1. The summed E-state index contributed by atoms with van der Waals surface area (Å²) in [6.07, 6.45) is 3.45. The molecule has 1 fully saturated rings. The molecule has 0 spiro atoms. The van der Waals surface area contributed by atoms with Gasteiger partial charge in [0.05, 0.1) is 0 Å². The van der Waals surface area contributed by atoms with E-state index in [4.69, 9.17) is 11.6 Å². The Morgan fingerprint density at radius 2 is 2.36 bits per heavy atom. The summed E-state index contributed by atoms with van der Waals surface area (Å²) in [6, 6.07) is 0.338. The fourth-order valence-electron chi connectivity index (χ4n) is 1.67. The topological polar surface area (TPSA) is 29.1 Å². The Morgan fingerprint density at radius 3 is 2.91 bits per heavy atom. The van der Waals surface area contributed by atoms with E-state index in [9.17, 15) is 4.79 Å². The van der Waals surface area contributed by atoms with Gasteiger partial charge in [-0.3, -0.25) is 4.79 Å². The van der Waals surface area contributed by atoms with Gasteiger partial charge in [-0.1, -0.05) is 6.42 Å². The molecule has 1 aliphatic carbocycles. The first-order chi connectivity index (χ1) is 5.24. The summed E-state index contributed by atoms with van der Waals surface area (Å²) < 4.78 is 0. The Kier molecular flexibility index (Phi) is 3.18. The van der Waals surface area contributed by atoms with Gasteiger partial charge in [-0.2, -0.15) is 0 Å². The van der Waals surface area contributed by atoms with Crippen molar-refractivity contribution in [3.8, 4) is 0 Å². The van der Waals surface area contributed by atoms with Crippen LogP contribution in [0.2, 0.25) is 0 Å². The third-order valence-electron chi connectivity index (χ3n) is 2.25. The van der Waals surface area contributed by atoms with E-state index in [2.05, 4.69) is 5.32 Å². The van der Waals surface area contributed by atoms with Gasteiger partial charge in [-0.15, -0.1) is 11.6 Å². The monoisotopic (exact) mass is 175 g/mol. The van der Waals surface area contributed by atoms with Crippen LogP contribution in [0.15, 0.2) is 0 Å². The molecule has 0 radical (unpaired) electrons. The molecule has 1 aliphatic rings. The first kappa shape index (κ1) is 8.85. The lowest BCUT2D eigenvalue weighted by Gasteiger charge is -2.17. The van der Waals surface area contributed by atoms with Gasteiger partial charge < -0.3 is 5.32 Å². The standard InChI is InChI=1S/C8H14ClNO/c1-6(11)10-8-4-2-3-7(8)5-9/h7-8H,2-5H2,1H3,(H,10,11). The van der Waals surface area contributed by atoms with Crippen LogP contribution in [0.5, 0.6) is 0 Å². The van der Waals surface area contributed by atoms with Crippen molar-refractivity contribution < 1.29 is 4.79 Å². The second-order valence-corrected chi connectivity index (χ2v) is 3.46. The molecule has 1 amide bonds. The second-order valence-electron chi connectivity index (χ2n) is 3.15. The van der Waals surface area contributed by atoms with Crippen LogP contribution < -0.4 is 5.32 Å². The van der Waals surface area contributed by atoms with Crippen molar-refractivity contribution in [2.24, 2.45) is 5.92 Å². The summed E-state index contributed by atoms with van der Waals surface area (Å²) in [4.78, 5) is 10.7. The zero-order valence-corrected chi connectivity index (χ0v) is 7.53. The van der Waals surface area contributed by atoms with Gasteiger partial charge in [0.25, 0.3) is 0 Å². The van der Waals surface area contributed by atoms with E-state index in [0.29, 0.717) is 17.8 Å². The van der Waals surface area contributed by atoms with Crippen LogP contribution in [0.25, 0.3) is 0 Å². The highest BCUT2D eigenvalue weighted by molar-refractivity contribution is 6.18. The van der Waals surface area contributed by atoms with Gasteiger partial charge in [0.1, 0.15) is 0 Å². The van der Waals surface area contributed by atoms with Crippen molar-refractivity contribution in [2.45, 2.75) is 32.2 Å². The summed E-state index contributed by atoms with van der Waals surface area (Å²) in [5.74, 6) is 1.23. The molecule has 0 aromatic carbocycles. The molecule has 0 saturated heterocycles. The van der Waals surface area contributed by atoms with Crippen LogP contribution in [0.1, 0.15) is 26.2 Å². The minimum absolute atomic E-state index is 0.0621. The minimum Gasteiger partial charge on any atom is -0.353 e. The van der Waals surface area contributed by atoms with E-state index in [1.165, 1.54) is 6.42 Å². The molecule has 2 atom stereocenters. The maximum Gasteiger partial charge on any atom is 0.217 e. The van der Waals surface area contributed by atoms with E-state index in [0.717, 1.165) is 12.8 Å². The van der Waals surface area contributed by atoms with Gasteiger partial charge in [-0.05, 0) is 18.8 Å². The summed E-state index contributed by atoms with van der Waals surface area (Å²) >= 11 is 5.73. The third-order valence-corrected chi connectivity index (χ3v) is 2.64. The number of hydrogen-bond donors (Lipinski definition) is 1. The van der Waals surface area contributed by atoms with Crippen molar-refractivity contribution in [1.29, 1.82) is 0 Å². The summed E-state index contributed by atoms with van der Waals surface area (Å²) in [5, 5.41) is 2.92. The molecule has 3 heteroatoms. The smallest absolute Gasteiger partial charge is 0.217 e. The second kappa shape index (κ2) is 3.96. The van der Waals surface area contributed by atoms with E-state index in [1.54, 1.807) is 6.92 Å². The molecule has 11 heavy (non-hydrogen) atoms. The fraction of sp³-hybridized carbons (Fsp3) is 0.875. The van der Waals surface area contributed by atoms with E-state index in [-0.39, 0.29) is 5.91 Å². The van der Waals surface area contributed by atoms with Crippen molar-refractivity contribution in [1.82, 2.24) is 5.32 Å². The number of carbonyl (C=O) groups excluding carboxylic acids is 1. The largest absolute Gasteiger partial charge is 0.353 e. The van der Waals surface area contributed by atoms with Gasteiger partial charge in [0.2, 0.25) is 5.91 Å². The molecule has 0 bridgehead atoms. The average Bonchev–Trinajstić information content (AvgIpc) is 2.34. The number of carbonyl (C=O) groups is 1. The Morgan fingerprint density at radius 1 is 1.64 bits per heavy atom. The Hall–Kier alpha value is -0.240. The number of halogens is 1. The maximum atomic E-state index is 10.7. The van der Waals surface area contributed by atoms with Crippen molar-refractivity contribution >= 4 is 17.5 Å². The normalized spacial score (nSPS) is 30.4. The molecule has 0 aliphatic heterocycles. The van der Waals surface area contributed by atoms with Crippen molar-refractivity contribution in [2.75, 3.05) is 5.88 Å². The zero-order valence-electron chi connectivity index (χ0n) is 6.77. The SMILES string of the molecule is CC(=O)NC1CCCC1CCl. The highest BCUT2D eigenvalue weighted by Crippen LogP contribution is 2.26. The van der Waals surface area contributed by atoms with Crippen LogP contribution in [0.3, 0.4) is 0 Å². The van der Waals surface area contributed by atoms with Crippen LogP contribution >= 0.6 is 11.6 Å². The zero-order chi connectivity index (χ0) is 8.27. The van der Waals surface area contributed by atoms with Crippen molar-refractivity contribution in [3.63, 3.8) is 0 Å². The summed E-state index contributed by atoms with van der Waals surface area (Å²) in [5.41, 5.74) is 0. The number of rotatable bonds is 2. The molecular weight excluding hydrogens is 162 g/mol. The molecule has 64 valence electrons. The Labute approximate surface area is 72.3 Å². The van der Waals surface area contributed by atoms with Crippen LogP contribution in [0, 0.1) is 5.92 Å². The fourth-order valence-corrected chi connectivity index (χ4v) is 2.04. The lowest BCUT2D eigenvalue weighted by atomic mass is 10.1. The molecule has 1 N–H and O–H groups in total. The minimum atomic E-state index is 0.0621. The maximum absolute atomic E-state index is 10.7. The van der Waals surface area contributed by atoms with E-state index < -0.39 is 0 Å². The van der Waals surface area contributed by atoms with Crippen LogP contribution in [-0.2, 0) is 4.79 Å². The Bertz CT molecular complexity index is 149. The van der Waals surface area contributed by atoms with Gasteiger partial charge >= 0.3 is 0 Å². The molecule has 2 nitrogen and oxygen atoms in total. The molecular formula is C8H14ClNO. The third kappa shape index (κ3) is 2.37. The number of hydrogen-bond acceptors (Lipinski definition) is 1. The van der Waals surface area contributed by atoms with Gasteiger partial charge in [-0.25, -0.2) is 0 Å². The lowest BCUT2D eigenvalue weighted by molar-refractivity contribution is -0.119. The molecule has 2 unspecified atom stereocenters. The number of nitrogens with one attached hydrogen (secondary N) is 1. The van der Waals surface area contributed by atoms with E-state index in [1.807, 2.05) is 0 Å². The molecule has 0 aromatic heterocycles. The molecule has 0 aromatic rings. The van der Waals surface area contributed by atoms with Gasteiger partial charge in [0.15, 0.2) is 0 Å². The average molecular weight is 176 g/mol. The van der Waals surface area contributed by atoms with Gasteiger partial charge in [0, 0.05) is 18.8 Å². The first-order valence-corrected chi connectivity index (χ1v) is 4.60. The van der Waals surface area contributed by atoms with Crippen LogP contribution in [0.4, 0.5) is 0 Å². The first-order valence-electron chi connectivity index (χ1n) is 4.07. The lowest BCUT2D eigenvalue weighted by Crippen LogP contribution is -2.36. The van der Waals surface area contributed by atoms with Crippen LogP contribution in [-0.4, -0.2) is 17.8 Å². The highest BCUT2D eigenvalue weighted by atomic mass is 35.5. The summed E-state index contributed by atoms with van der Waals surface area (Å²) in [6.45, 7) is 1.56. The number of amides is 1. The predicted molar refractivity (Wildman–Crippen MR) is 45.7 cm³/mol. The molecule has 1 rings (SSSR count).